The van der Waals surface area contributed by atoms with Crippen LogP contribution in [-0.2, 0) is 13.3 Å². The molecule has 14 heavy (non-hydrogen) atoms. The fourth-order valence-corrected chi connectivity index (χ4v) is 9.68. The Morgan fingerprint density at radius 1 is 0.857 bits per heavy atom. The number of rotatable bonds is 9. The van der Waals surface area contributed by atoms with Crippen molar-refractivity contribution in [2.45, 2.75) is 40.2 Å². The normalized spacial score (nSPS) is 12.9. The zero-order valence-electron chi connectivity index (χ0n) is 9.97. The van der Waals surface area contributed by atoms with Crippen LogP contribution in [0.2, 0.25) is 6.04 Å². The van der Waals surface area contributed by atoms with Crippen LogP contribution in [0.5, 0.6) is 0 Å². The van der Waals surface area contributed by atoms with Gasteiger partial charge in [-0.05, 0) is 20.8 Å². The first-order valence-electron chi connectivity index (χ1n) is 5.66. The van der Waals surface area contributed by atoms with Gasteiger partial charge >= 0.3 is 8.32 Å². The summed E-state index contributed by atoms with van der Waals surface area (Å²) in [7, 11) is -2.52. The van der Waals surface area contributed by atoms with Gasteiger partial charge in [0.05, 0.1) is 0 Å². The molecule has 0 saturated heterocycles. The minimum atomic E-state index is -2.18. The lowest BCUT2D eigenvalue weighted by Crippen LogP contribution is -2.52. The third-order valence-electron chi connectivity index (χ3n) is 1.93. The Morgan fingerprint density at radius 3 is 1.57 bits per heavy atom. The lowest BCUT2D eigenvalue weighted by molar-refractivity contribution is 0.0929. The third-order valence-corrected chi connectivity index (χ3v) is 10.5. The highest BCUT2D eigenvalue weighted by Gasteiger charge is 2.38. The molecule has 0 aromatic carbocycles. The topological polar surface area (TPSA) is 27.7 Å². The molecule has 0 fully saturated rings. The minimum Gasteiger partial charge on any atom is -0.377 e. The lowest BCUT2D eigenvalue weighted by atomic mass is 10.6. The summed E-state index contributed by atoms with van der Waals surface area (Å²) in [5.74, 6) is 0. The van der Waals surface area contributed by atoms with Gasteiger partial charge in [0.15, 0.2) is 0 Å². The van der Waals surface area contributed by atoms with Crippen molar-refractivity contribution in [3.63, 3.8) is 0 Å². The van der Waals surface area contributed by atoms with Crippen molar-refractivity contribution in [2.24, 2.45) is 0 Å². The fraction of sp³-hybridized carbons (Fsp3) is 1.00. The van der Waals surface area contributed by atoms with Crippen molar-refractivity contribution in [3.8, 4) is 0 Å². The average Bonchev–Trinajstić information content (AvgIpc) is 2.16. The molecule has 0 unspecified atom stereocenters. The molecule has 0 aromatic heterocycles. The maximum Gasteiger partial charge on any atom is 0.462 e. The van der Waals surface area contributed by atoms with Crippen LogP contribution in [0.3, 0.4) is 0 Å². The molecule has 0 rings (SSSR count). The highest BCUT2D eigenvalue weighted by molar-refractivity contribution is 7.14. The first-order valence-corrected chi connectivity index (χ1v) is 10.7. The Bertz CT molecular complexity index is 116. The molecule has 86 valence electrons. The first-order chi connectivity index (χ1) is 6.74. The molecule has 0 amide bonds. The summed E-state index contributed by atoms with van der Waals surface area (Å²) >= 11 is 0. The molecule has 0 heterocycles. The molecule has 0 radical (unpaired) electrons. The van der Waals surface area contributed by atoms with E-state index in [0.29, 0.717) is 19.8 Å². The molecule has 0 bridgehead atoms. The molecular weight excluding hydrogens is 212 g/mol. The fourth-order valence-electron chi connectivity index (χ4n) is 1.39. The van der Waals surface area contributed by atoms with Crippen LogP contribution >= 0.6 is 0 Å². The number of hydrogen-bond acceptors (Lipinski definition) is 3. The highest BCUT2D eigenvalue weighted by Crippen LogP contribution is 2.10. The monoisotopic (exact) mass is 236 g/mol. The first kappa shape index (κ1) is 14.3. The molecule has 0 aromatic rings. The number of hydrogen-bond donors (Lipinski definition) is 0. The van der Waals surface area contributed by atoms with Gasteiger partial charge in [0, 0.05) is 19.8 Å². The Morgan fingerprint density at radius 2 is 1.29 bits per heavy atom. The van der Waals surface area contributed by atoms with Gasteiger partial charge in [-0.25, -0.2) is 0 Å². The van der Waals surface area contributed by atoms with E-state index in [-0.39, 0.29) is 9.04 Å². The van der Waals surface area contributed by atoms with Crippen molar-refractivity contribution < 1.29 is 13.3 Å². The summed E-state index contributed by atoms with van der Waals surface area (Å²) in [5, 5.41) is 0. The molecule has 0 spiro atoms. The standard InChI is InChI=1S/C9H24O3Si2/c1-5-9-13-14(10-6-2,11-7-3)12-8-4/h5-9,13H2,1-4H3. The van der Waals surface area contributed by atoms with Crippen LogP contribution in [0.4, 0.5) is 0 Å². The Kier molecular flexibility index (Phi) is 8.80. The Balaban J connectivity index is 4.21. The Labute approximate surface area is 91.1 Å². The second-order valence-corrected chi connectivity index (χ2v) is 10.6. The minimum absolute atomic E-state index is 0.342. The van der Waals surface area contributed by atoms with Crippen LogP contribution in [0.1, 0.15) is 34.1 Å². The second-order valence-electron chi connectivity index (χ2n) is 3.09. The van der Waals surface area contributed by atoms with Crippen LogP contribution in [-0.4, -0.2) is 37.2 Å². The summed E-state index contributed by atoms with van der Waals surface area (Å²) in [6, 6.07) is 1.26. The van der Waals surface area contributed by atoms with E-state index in [1.165, 1.54) is 12.5 Å². The quantitative estimate of drug-likeness (QED) is 0.568. The predicted molar refractivity (Wildman–Crippen MR) is 64.3 cm³/mol. The van der Waals surface area contributed by atoms with Gasteiger partial charge in [-0.2, -0.15) is 0 Å². The maximum atomic E-state index is 5.77. The van der Waals surface area contributed by atoms with Gasteiger partial charge in [0.1, 0.15) is 9.04 Å². The molecule has 0 aliphatic heterocycles. The van der Waals surface area contributed by atoms with Crippen molar-refractivity contribution >= 4 is 17.4 Å². The molecule has 0 aliphatic carbocycles. The van der Waals surface area contributed by atoms with Crippen LogP contribution in [0.15, 0.2) is 0 Å². The van der Waals surface area contributed by atoms with E-state index in [0.717, 1.165) is 0 Å². The van der Waals surface area contributed by atoms with E-state index < -0.39 is 8.32 Å². The van der Waals surface area contributed by atoms with Crippen molar-refractivity contribution in [1.82, 2.24) is 0 Å². The van der Waals surface area contributed by atoms with E-state index in [2.05, 4.69) is 6.92 Å². The third kappa shape index (κ3) is 5.26. The van der Waals surface area contributed by atoms with Crippen molar-refractivity contribution in [1.29, 1.82) is 0 Å². The van der Waals surface area contributed by atoms with E-state index in [1.54, 1.807) is 0 Å². The highest BCUT2D eigenvalue weighted by atomic mass is 29.2. The van der Waals surface area contributed by atoms with Crippen LogP contribution < -0.4 is 0 Å². The molecule has 0 N–H and O–H groups in total. The molecule has 3 nitrogen and oxygen atoms in total. The molecule has 0 saturated carbocycles. The van der Waals surface area contributed by atoms with E-state index >= 15 is 0 Å². The zero-order valence-corrected chi connectivity index (χ0v) is 12.4. The maximum absolute atomic E-state index is 5.77. The zero-order chi connectivity index (χ0) is 10.9. The van der Waals surface area contributed by atoms with Crippen LogP contribution in [0.25, 0.3) is 0 Å². The van der Waals surface area contributed by atoms with Gasteiger partial charge in [0.25, 0.3) is 0 Å². The average molecular weight is 236 g/mol. The summed E-state index contributed by atoms with van der Waals surface area (Å²) in [6.45, 7) is 10.4. The van der Waals surface area contributed by atoms with E-state index in [9.17, 15) is 0 Å². The van der Waals surface area contributed by atoms with E-state index in [1.807, 2.05) is 20.8 Å². The smallest absolute Gasteiger partial charge is 0.377 e. The van der Waals surface area contributed by atoms with Gasteiger partial charge < -0.3 is 13.3 Å². The van der Waals surface area contributed by atoms with Gasteiger partial charge in [-0.15, -0.1) is 0 Å². The summed E-state index contributed by atoms with van der Waals surface area (Å²) in [4.78, 5) is 0. The van der Waals surface area contributed by atoms with Crippen molar-refractivity contribution in [2.75, 3.05) is 19.8 Å². The molecule has 0 atom stereocenters. The second kappa shape index (κ2) is 8.61. The SMILES string of the molecule is CCC[SiH2][Si](OCC)(OCC)OCC. The van der Waals surface area contributed by atoms with Gasteiger partial charge in [0.2, 0.25) is 0 Å². The van der Waals surface area contributed by atoms with Crippen molar-refractivity contribution in [3.05, 3.63) is 0 Å². The van der Waals surface area contributed by atoms with E-state index in [4.69, 9.17) is 13.3 Å². The van der Waals surface area contributed by atoms with Crippen LogP contribution in [0, 0.1) is 0 Å². The van der Waals surface area contributed by atoms with Gasteiger partial charge in [-0.1, -0.05) is 19.4 Å². The molecule has 5 heteroatoms. The molecule has 0 aliphatic rings. The summed E-state index contributed by atoms with van der Waals surface area (Å²) in [5.41, 5.74) is 0. The van der Waals surface area contributed by atoms with Gasteiger partial charge in [-0.3, -0.25) is 0 Å². The molecular formula is C9H24O3Si2. The largest absolute Gasteiger partial charge is 0.462 e. The summed E-state index contributed by atoms with van der Waals surface area (Å²) < 4.78 is 17.3. The summed E-state index contributed by atoms with van der Waals surface area (Å²) in [6.07, 6.45) is 1.22. The lowest BCUT2D eigenvalue weighted by Gasteiger charge is -2.28. The Hall–Kier alpha value is 0.314. The predicted octanol–water partition coefficient (Wildman–Crippen LogP) is 1.53.